The van der Waals surface area contributed by atoms with Gasteiger partial charge in [0, 0.05) is 24.7 Å². The number of nitrogens with zero attached hydrogens (tertiary/aromatic N) is 1. The Morgan fingerprint density at radius 1 is 1.08 bits per heavy atom. The molecule has 1 aromatic carbocycles. The van der Waals surface area contributed by atoms with E-state index in [0.29, 0.717) is 48.8 Å². The topological polar surface area (TPSA) is 81.0 Å². The van der Waals surface area contributed by atoms with E-state index >= 15 is 0 Å². The molecule has 0 spiro atoms. The number of rotatable bonds is 3. The molecule has 1 fully saturated rings. The van der Waals surface area contributed by atoms with Gasteiger partial charge in [0.15, 0.2) is 17.3 Å². The normalized spacial score (nSPS) is 16.7. The van der Waals surface area contributed by atoms with Gasteiger partial charge in [0.1, 0.15) is 0 Å². The molecule has 0 bridgehead atoms. The monoisotopic (exact) mass is 342 g/mol. The van der Waals surface area contributed by atoms with Crippen LogP contribution in [0, 0.1) is 0 Å². The Kier molecular flexibility index (Phi) is 4.05. The van der Waals surface area contributed by atoms with Crippen molar-refractivity contribution in [2.75, 3.05) is 19.9 Å². The van der Waals surface area contributed by atoms with Gasteiger partial charge < -0.3 is 24.1 Å². The molecule has 2 aliphatic heterocycles. The Hall–Kier alpha value is -2.96. The van der Waals surface area contributed by atoms with Crippen molar-refractivity contribution in [2.45, 2.75) is 18.9 Å². The second kappa shape index (κ2) is 6.51. The number of amides is 2. The minimum Gasteiger partial charge on any atom is -0.459 e. The van der Waals surface area contributed by atoms with Gasteiger partial charge in [-0.05, 0) is 43.2 Å². The molecule has 2 amide bonds. The molecule has 0 saturated carbocycles. The van der Waals surface area contributed by atoms with E-state index in [1.807, 2.05) is 0 Å². The summed E-state index contributed by atoms with van der Waals surface area (Å²) >= 11 is 0. The molecule has 7 heteroatoms. The first-order chi connectivity index (χ1) is 12.2. The van der Waals surface area contributed by atoms with Gasteiger partial charge in [0.05, 0.1) is 6.26 Å². The van der Waals surface area contributed by atoms with Crippen LogP contribution in [0.2, 0.25) is 0 Å². The number of furan rings is 1. The van der Waals surface area contributed by atoms with Crippen molar-refractivity contribution in [1.29, 1.82) is 0 Å². The number of hydrogen-bond donors (Lipinski definition) is 1. The number of piperidine rings is 1. The minimum atomic E-state index is -0.217. The second-order valence-electron chi connectivity index (χ2n) is 6.09. The molecule has 0 radical (unpaired) electrons. The van der Waals surface area contributed by atoms with Crippen LogP contribution in [-0.2, 0) is 0 Å². The number of benzene rings is 1. The van der Waals surface area contributed by atoms with Crippen LogP contribution in [0.1, 0.15) is 33.8 Å². The largest absolute Gasteiger partial charge is 0.459 e. The average molecular weight is 342 g/mol. The predicted molar refractivity (Wildman–Crippen MR) is 87.7 cm³/mol. The summed E-state index contributed by atoms with van der Waals surface area (Å²) in [6.45, 7) is 1.38. The van der Waals surface area contributed by atoms with E-state index in [4.69, 9.17) is 13.9 Å². The van der Waals surface area contributed by atoms with Gasteiger partial charge in [-0.25, -0.2) is 0 Å². The lowest BCUT2D eigenvalue weighted by Crippen LogP contribution is -2.46. The molecule has 0 unspecified atom stereocenters. The Balaban J connectivity index is 1.34. The van der Waals surface area contributed by atoms with Crippen LogP contribution in [-0.4, -0.2) is 42.6 Å². The molecule has 25 heavy (non-hydrogen) atoms. The third-order valence-corrected chi connectivity index (χ3v) is 4.48. The van der Waals surface area contributed by atoms with Gasteiger partial charge in [-0.2, -0.15) is 0 Å². The number of ether oxygens (including phenoxy) is 2. The molecule has 4 rings (SSSR count). The molecule has 1 saturated heterocycles. The lowest BCUT2D eigenvalue weighted by molar-refractivity contribution is 0.0695. The smallest absolute Gasteiger partial charge is 0.287 e. The molecular weight excluding hydrogens is 324 g/mol. The van der Waals surface area contributed by atoms with Crippen LogP contribution in [0.3, 0.4) is 0 Å². The summed E-state index contributed by atoms with van der Waals surface area (Å²) in [6, 6.07) is 8.58. The van der Waals surface area contributed by atoms with E-state index in [1.165, 1.54) is 6.26 Å². The Bertz CT molecular complexity index is 779. The minimum absolute atomic E-state index is 0.0332. The third kappa shape index (κ3) is 3.17. The number of fused-ring (bicyclic) bond motifs is 1. The van der Waals surface area contributed by atoms with Gasteiger partial charge in [0.2, 0.25) is 6.79 Å². The highest BCUT2D eigenvalue weighted by Gasteiger charge is 2.26. The van der Waals surface area contributed by atoms with Gasteiger partial charge >= 0.3 is 0 Å². The predicted octanol–water partition coefficient (Wildman–Crippen LogP) is 2.04. The fourth-order valence-corrected chi connectivity index (χ4v) is 3.10. The molecule has 7 nitrogen and oxygen atoms in total. The van der Waals surface area contributed by atoms with E-state index in [1.54, 1.807) is 35.2 Å². The maximum atomic E-state index is 12.6. The molecule has 130 valence electrons. The molecule has 2 aliphatic rings. The quantitative estimate of drug-likeness (QED) is 0.923. The van der Waals surface area contributed by atoms with E-state index in [9.17, 15) is 9.59 Å². The zero-order valence-corrected chi connectivity index (χ0v) is 13.6. The first-order valence-corrected chi connectivity index (χ1v) is 8.24. The zero-order chi connectivity index (χ0) is 17.2. The third-order valence-electron chi connectivity index (χ3n) is 4.48. The SMILES string of the molecule is O=C(NC1CCN(C(=O)c2ccc3c(c2)OCO3)CC1)c1ccco1. The second-order valence-corrected chi connectivity index (χ2v) is 6.09. The molecule has 0 aliphatic carbocycles. The summed E-state index contributed by atoms with van der Waals surface area (Å²) in [5, 5.41) is 2.95. The number of carbonyl (C=O) groups excluding carboxylic acids is 2. The number of carbonyl (C=O) groups is 2. The van der Waals surface area contributed by atoms with Gasteiger partial charge in [-0.15, -0.1) is 0 Å². The fourth-order valence-electron chi connectivity index (χ4n) is 3.10. The Morgan fingerprint density at radius 3 is 2.64 bits per heavy atom. The average Bonchev–Trinajstić information content (AvgIpc) is 3.32. The summed E-state index contributed by atoms with van der Waals surface area (Å²) in [5.74, 6) is 1.32. The molecule has 2 aromatic rings. The van der Waals surface area contributed by atoms with Crippen LogP contribution < -0.4 is 14.8 Å². The number of hydrogen-bond acceptors (Lipinski definition) is 5. The standard InChI is InChI=1S/C18H18N2O5/c21-17(15-2-1-9-23-15)19-13-5-7-20(8-6-13)18(22)12-3-4-14-16(10-12)25-11-24-14/h1-4,9-10,13H,5-8,11H2,(H,19,21). The maximum Gasteiger partial charge on any atom is 0.287 e. The molecule has 0 atom stereocenters. The van der Waals surface area contributed by atoms with E-state index < -0.39 is 0 Å². The Morgan fingerprint density at radius 2 is 1.88 bits per heavy atom. The van der Waals surface area contributed by atoms with Gasteiger partial charge in [-0.3, -0.25) is 9.59 Å². The molecule has 3 heterocycles. The van der Waals surface area contributed by atoms with Gasteiger partial charge in [0.25, 0.3) is 11.8 Å². The Labute approximate surface area is 144 Å². The lowest BCUT2D eigenvalue weighted by Gasteiger charge is -2.32. The van der Waals surface area contributed by atoms with Crippen molar-refractivity contribution in [2.24, 2.45) is 0 Å². The molecule has 1 aromatic heterocycles. The van der Waals surface area contributed by atoms with Crippen molar-refractivity contribution in [3.8, 4) is 11.5 Å². The number of likely N-dealkylation sites (tertiary alicyclic amines) is 1. The van der Waals surface area contributed by atoms with Crippen molar-refractivity contribution in [1.82, 2.24) is 10.2 Å². The highest BCUT2D eigenvalue weighted by molar-refractivity contribution is 5.95. The first kappa shape index (κ1) is 15.6. The molecular formula is C18H18N2O5. The highest BCUT2D eigenvalue weighted by Crippen LogP contribution is 2.33. The summed E-state index contributed by atoms with van der Waals surface area (Å²) in [5.41, 5.74) is 0.585. The summed E-state index contributed by atoms with van der Waals surface area (Å²) in [6.07, 6.45) is 2.90. The fraction of sp³-hybridized carbons (Fsp3) is 0.333. The zero-order valence-electron chi connectivity index (χ0n) is 13.6. The van der Waals surface area contributed by atoms with Crippen molar-refractivity contribution < 1.29 is 23.5 Å². The maximum absolute atomic E-state index is 12.6. The van der Waals surface area contributed by atoms with Crippen LogP contribution in [0.15, 0.2) is 41.0 Å². The van der Waals surface area contributed by atoms with Crippen molar-refractivity contribution >= 4 is 11.8 Å². The summed E-state index contributed by atoms with van der Waals surface area (Å²) in [4.78, 5) is 26.4. The van der Waals surface area contributed by atoms with E-state index in [2.05, 4.69) is 5.32 Å². The summed E-state index contributed by atoms with van der Waals surface area (Å²) < 4.78 is 15.7. The van der Waals surface area contributed by atoms with Gasteiger partial charge in [-0.1, -0.05) is 0 Å². The molecule has 1 N–H and O–H groups in total. The van der Waals surface area contributed by atoms with E-state index in [0.717, 1.165) is 0 Å². The van der Waals surface area contributed by atoms with Crippen molar-refractivity contribution in [3.63, 3.8) is 0 Å². The van der Waals surface area contributed by atoms with Crippen LogP contribution in [0.5, 0.6) is 11.5 Å². The van der Waals surface area contributed by atoms with Crippen LogP contribution in [0.4, 0.5) is 0 Å². The van der Waals surface area contributed by atoms with Crippen LogP contribution >= 0.6 is 0 Å². The summed E-state index contributed by atoms with van der Waals surface area (Å²) in [7, 11) is 0. The van der Waals surface area contributed by atoms with Crippen molar-refractivity contribution in [3.05, 3.63) is 47.9 Å². The van der Waals surface area contributed by atoms with E-state index in [-0.39, 0.29) is 24.6 Å². The highest BCUT2D eigenvalue weighted by atomic mass is 16.7. The first-order valence-electron chi connectivity index (χ1n) is 8.24. The number of nitrogens with one attached hydrogen (secondary N) is 1. The van der Waals surface area contributed by atoms with Crippen LogP contribution in [0.25, 0.3) is 0 Å². The lowest BCUT2D eigenvalue weighted by atomic mass is 10.0.